The van der Waals surface area contributed by atoms with Gasteiger partial charge in [-0.15, -0.1) is 0 Å². The summed E-state index contributed by atoms with van der Waals surface area (Å²) in [7, 11) is 0. The molecule has 0 saturated carbocycles. The molecule has 2 aromatic carbocycles. The highest BCUT2D eigenvalue weighted by molar-refractivity contribution is 6.06. The number of nitrogens with zero attached hydrogens (tertiary/aromatic N) is 2. The van der Waals surface area contributed by atoms with Crippen LogP contribution in [0.25, 0.3) is 0 Å². The normalized spacial score (nSPS) is 10.1. The van der Waals surface area contributed by atoms with Gasteiger partial charge in [0.05, 0.1) is 16.9 Å². The number of carbonyl (C=O) groups is 2. The Morgan fingerprint density at radius 3 is 2.07 bits per heavy atom. The zero-order chi connectivity index (χ0) is 21.0. The Bertz CT molecular complexity index is 1160. The smallest absolute Gasteiger partial charge is 0.274 e. The van der Waals surface area contributed by atoms with Crippen LogP contribution < -0.4 is 10.6 Å². The van der Waals surface area contributed by atoms with E-state index in [1.165, 1.54) is 30.3 Å². The predicted molar refractivity (Wildman–Crippen MR) is 97.6 cm³/mol. The summed E-state index contributed by atoms with van der Waals surface area (Å²) in [5.41, 5.74) is -0.468. The first kappa shape index (κ1) is 19.6. The molecule has 0 bridgehead atoms. The molecular formula is C20H11F3N4O2. The summed E-state index contributed by atoms with van der Waals surface area (Å²) in [5, 5.41) is 13.6. The van der Waals surface area contributed by atoms with E-state index in [9.17, 15) is 22.8 Å². The van der Waals surface area contributed by atoms with Crippen LogP contribution in [0.4, 0.5) is 24.5 Å². The van der Waals surface area contributed by atoms with Crippen molar-refractivity contribution in [3.8, 4) is 6.07 Å². The van der Waals surface area contributed by atoms with Crippen molar-refractivity contribution in [3.63, 3.8) is 0 Å². The number of halogens is 3. The van der Waals surface area contributed by atoms with Crippen LogP contribution in [0.2, 0.25) is 0 Å². The number of hydrogen-bond donors (Lipinski definition) is 2. The molecular weight excluding hydrogens is 385 g/mol. The van der Waals surface area contributed by atoms with Crippen LogP contribution in [0.1, 0.15) is 26.5 Å². The summed E-state index contributed by atoms with van der Waals surface area (Å²) in [6.07, 6.45) is 0. The third-order valence-electron chi connectivity index (χ3n) is 3.79. The number of nitrogens with one attached hydrogen (secondary N) is 2. The van der Waals surface area contributed by atoms with Gasteiger partial charge in [0.2, 0.25) is 0 Å². The minimum absolute atomic E-state index is 0.142. The SMILES string of the molecule is N#Cc1ccccc1NC(=O)c1cccc(C(=O)Nc2ccc(F)c(F)c2F)n1. The molecule has 0 aliphatic carbocycles. The van der Waals surface area contributed by atoms with E-state index in [4.69, 9.17) is 5.26 Å². The first-order valence-corrected chi connectivity index (χ1v) is 8.13. The summed E-state index contributed by atoms with van der Waals surface area (Å²) in [6.45, 7) is 0. The molecule has 144 valence electrons. The second-order valence-corrected chi connectivity index (χ2v) is 5.70. The van der Waals surface area contributed by atoms with Crippen LogP contribution >= 0.6 is 0 Å². The largest absolute Gasteiger partial charge is 0.319 e. The standard InChI is InChI=1S/C20H11F3N4O2/c21-12-8-9-14(18(23)17(12)22)27-20(29)16-7-3-6-15(25-16)19(28)26-13-5-2-1-4-11(13)10-24/h1-9H,(H,26,28)(H,27,29). The van der Waals surface area contributed by atoms with Gasteiger partial charge < -0.3 is 10.6 Å². The summed E-state index contributed by atoms with van der Waals surface area (Å²) in [5.74, 6) is -6.28. The molecule has 1 heterocycles. The molecule has 6 nitrogen and oxygen atoms in total. The third-order valence-corrected chi connectivity index (χ3v) is 3.79. The van der Waals surface area contributed by atoms with Crippen molar-refractivity contribution in [1.82, 2.24) is 4.98 Å². The molecule has 3 aromatic rings. The second-order valence-electron chi connectivity index (χ2n) is 5.70. The van der Waals surface area contributed by atoms with Crippen LogP contribution in [0.5, 0.6) is 0 Å². The van der Waals surface area contributed by atoms with Crippen molar-refractivity contribution < 1.29 is 22.8 Å². The molecule has 0 aliphatic heterocycles. The molecule has 0 fully saturated rings. The van der Waals surface area contributed by atoms with Crippen LogP contribution in [-0.2, 0) is 0 Å². The third kappa shape index (κ3) is 4.22. The lowest BCUT2D eigenvalue weighted by molar-refractivity contribution is 0.101. The molecule has 0 aliphatic rings. The van der Waals surface area contributed by atoms with Gasteiger partial charge in [0.15, 0.2) is 17.5 Å². The topological polar surface area (TPSA) is 94.9 Å². The van der Waals surface area contributed by atoms with Crippen LogP contribution in [0, 0.1) is 28.8 Å². The molecule has 1 aromatic heterocycles. The fourth-order valence-electron chi connectivity index (χ4n) is 2.37. The molecule has 0 spiro atoms. The van der Waals surface area contributed by atoms with Gasteiger partial charge in [0.25, 0.3) is 11.8 Å². The van der Waals surface area contributed by atoms with E-state index < -0.39 is 35.0 Å². The highest BCUT2D eigenvalue weighted by Crippen LogP contribution is 2.20. The first-order chi connectivity index (χ1) is 13.9. The fourth-order valence-corrected chi connectivity index (χ4v) is 2.37. The first-order valence-electron chi connectivity index (χ1n) is 8.13. The van der Waals surface area contributed by atoms with Crippen molar-refractivity contribution in [3.05, 3.63) is 89.0 Å². The number of anilines is 2. The maximum absolute atomic E-state index is 13.7. The average molecular weight is 396 g/mol. The van der Waals surface area contributed by atoms with Gasteiger partial charge in [0, 0.05) is 0 Å². The lowest BCUT2D eigenvalue weighted by Crippen LogP contribution is -2.19. The van der Waals surface area contributed by atoms with E-state index in [2.05, 4.69) is 15.6 Å². The second kappa shape index (κ2) is 8.22. The predicted octanol–water partition coefficient (Wildman–Crippen LogP) is 3.88. The molecule has 0 atom stereocenters. The molecule has 0 saturated heterocycles. The Kier molecular flexibility index (Phi) is 5.55. The molecule has 2 amide bonds. The summed E-state index contributed by atoms with van der Waals surface area (Å²) < 4.78 is 40.0. The van der Waals surface area contributed by atoms with Crippen LogP contribution in [0.3, 0.4) is 0 Å². The number of aromatic nitrogens is 1. The number of pyridine rings is 1. The Hall–Kier alpha value is -4.19. The Morgan fingerprint density at radius 2 is 1.41 bits per heavy atom. The fraction of sp³-hybridized carbons (Fsp3) is 0. The van der Waals surface area contributed by atoms with Crippen molar-refractivity contribution in [2.75, 3.05) is 10.6 Å². The minimum Gasteiger partial charge on any atom is -0.319 e. The molecule has 29 heavy (non-hydrogen) atoms. The molecule has 0 radical (unpaired) electrons. The zero-order valence-electron chi connectivity index (χ0n) is 14.5. The number of nitriles is 1. The lowest BCUT2D eigenvalue weighted by atomic mass is 10.2. The Labute approximate surface area is 162 Å². The minimum atomic E-state index is -1.72. The highest BCUT2D eigenvalue weighted by Gasteiger charge is 2.18. The van der Waals surface area contributed by atoms with Crippen molar-refractivity contribution in [1.29, 1.82) is 5.26 Å². The van der Waals surface area contributed by atoms with Gasteiger partial charge in [0.1, 0.15) is 17.5 Å². The Morgan fingerprint density at radius 1 is 0.793 bits per heavy atom. The molecule has 9 heteroatoms. The molecule has 2 N–H and O–H groups in total. The number of amides is 2. The van der Waals surface area contributed by atoms with E-state index in [1.54, 1.807) is 12.1 Å². The van der Waals surface area contributed by atoms with Crippen molar-refractivity contribution in [2.24, 2.45) is 0 Å². The van der Waals surface area contributed by atoms with Gasteiger partial charge in [-0.25, -0.2) is 18.2 Å². The quantitative estimate of drug-likeness (QED) is 0.655. The Balaban J connectivity index is 1.80. The monoisotopic (exact) mass is 396 g/mol. The maximum atomic E-state index is 13.7. The number of para-hydroxylation sites is 1. The number of carbonyl (C=O) groups excluding carboxylic acids is 2. The van der Waals surface area contributed by atoms with Gasteiger partial charge in [-0.1, -0.05) is 18.2 Å². The number of benzene rings is 2. The van der Waals surface area contributed by atoms with Gasteiger partial charge in [-0.2, -0.15) is 5.26 Å². The van der Waals surface area contributed by atoms with Crippen LogP contribution in [-0.4, -0.2) is 16.8 Å². The summed E-state index contributed by atoms with van der Waals surface area (Å²) >= 11 is 0. The summed E-state index contributed by atoms with van der Waals surface area (Å²) in [4.78, 5) is 28.5. The van der Waals surface area contributed by atoms with E-state index in [-0.39, 0.29) is 22.6 Å². The molecule has 3 rings (SSSR count). The van der Waals surface area contributed by atoms with E-state index in [0.717, 1.165) is 6.07 Å². The van der Waals surface area contributed by atoms with Crippen molar-refractivity contribution >= 4 is 23.2 Å². The zero-order valence-corrected chi connectivity index (χ0v) is 14.5. The van der Waals surface area contributed by atoms with Gasteiger partial charge in [-0.3, -0.25) is 9.59 Å². The van der Waals surface area contributed by atoms with Crippen molar-refractivity contribution in [2.45, 2.75) is 0 Å². The number of hydrogen-bond acceptors (Lipinski definition) is 4. The van der Waals surface area contributed by atoms with E-state index in [1.807, 2.05) is 6.07 Å². The van der Waals surface area contributed by atoms with Gasteiger partial charge in [-0.05, 0) is 36.4 Å². The maximum Gasteiger partial charge on any atom is 0.274 e. The lowest BCUT2D eigenvalue weighted by Gasteiger charge is -2.09. The van der Waals surface area contributed by atoms with Gasteiger partial charge >= 0.3 is 0 Å². The van der Waals surface area contributed by atoms with E-state index >= 15 is 0 Å². The molecule has 0 unspecified atom stereocenters. The average Bonchev–Trinajstić information content (AvgIpc) is 2.74. The van der Waals surface area contributed by atoms with E-state index in [0.29, 0.717) is 6.07 Å². The highest BCUT2D eigenvalue weighted by atomic mass is 19.2. The summed E-state index contributed by atoms with van der Waals surface area (Å²) in [6, 6.07) is 13.7. The number of rotatable bonds is 4. The van der Waals surface area contributed by atoms with Crippen LogP contribution in [0.15, 0.2) is 54.6 Å².